The molecular formula is C10H13NO4. The number of aliphatic hydroxyl groups excluding tert-OH is 2. The minimum Gasteiger partial charge on any atom is -0.461 e. The molecule has 0 aromatic carbocycles. The smallest absolute Gasteiger partial charge is 0.211 e. The fourth-order valence-electron chi connectivity index (χ4n) is 1.69. The maximum atomic E-state index is 11.6. The monoisotopic (exact) mass is 211 g/mol. The second-order valence-electron chi connectivity index (χ2n) is 3.73. The molecule has 2 heterocycles. The second-order valence-corrected chi connectivity index (χ2v) is 3.73. The predicted octanol–water partition coefficient (Wildman–Crippen LogP) is -0.500. The van der Waals surface area contributed by atoms with Gasteiger partial charge in [0.1, 0.15) is 0 Å². The summed E-state index contributed by atoms with van der Waals surface area (Å²) in [6, 6.07) is 3.26. The first-order valence-electron chi connectivity index (χ1n) is 4.82. The summed E-state index contributed by atoms with van der Waals surface area (Å²) >= 11 is 0. The van der Waals surface area contributed by atoms with Gasteiger partial charge in [-0.3, -0.25) is 9.69 Å². The Morgan fingerprint density at radius 1 is 1.47 bits per heavy atom. The third kappa shape index (κ3) is 2.26. The van der Waals surface area contributed by atoms with Gasteiger partial charge in [-0.05, 0) is 12.1 Å². The maximum absolute atomic E-state index is 11.6. The molecule has 5 heteroatoms. The van der Waals surface area contributed by atoms with Crippen molar-refractivity contribution in [2.45, 2.75) is 12.2 Å². The van der Waals surface area contributed by atoms with E-state index in [1.165, 1.54) is 6.26 Å². The highest BCUT2D eigenvalue weighted by Crippen LogP contribution is 2.11. The topological polar surface area (TPSA) is 73.9 Å². The van der Waals surface area contributed by atoms with Gasteiger partial charge in [0.05, 0.1) is 25.0 Å². The lowest BCUT2D eigenvalue weighted by atomic mass is 10.3. The molecule has 2 N–H and O–H groups in total. The molecule has 0 bridgehead atoms. The van der Waals surface area contributed by atoms with Crippen LogP contribution in [-0.4, -0.2) is 52.7 Å². The summed E-state index contributed by atoms with van der Waals surface area (Å²) in [6.45, 7) is 0.822. The van der Waals surface area contributed by atoms with Crippen molar-refractivity contribution in [1.82, 2.24) is 4.90 Å². The summed E-state index contributed by atoms with van der Waals surface area (Å²) in [5, 5.41) is 18.6. The van der Waals surface area contributed by atoms with Crippen LogP contribution in [-0.2, 0) is 0 Å². The van der Waals surface area contributed by atoms with E-state index in [-0.39, 0.29) is 12.3 Å². The number of hydrogen-bond acceptors (Lipinski definition) is 5. The first-order valence-corrected chi connectivity index (χ1v) is 4.82. The van der Waals surface area contributed by atoms with Crippen LogP contribution in [0.25, 0.3) is 0 Å². The van der Waals surface area contributed by atoms with E-state index < -0.39 is 12.2 Å². The Balaban J connectivity index is 1.91. The number of rotatable bonds is 3. The van der Waals surface area contributed by atoms with Crippen molar-refractivity contribution < 1.29 is 19.4 Å². The van der Waals surface area contributed by atoms with E-state index in [0.717, 1.165) is 0 Å². The number of carbonyl (C=O) groups is 1. The SMILES string of the molecule is O=C(CN1CC(O)C(O)C1)c1ccco1. The van der Waals surface area contributed by atoms with E-state index in [9.17, 15) is 15.0 Å². The van der Waals surface area contributed by atoms with Crippen molar-refractivity contribution in [2.75, 3.05) is 19.6 Å². The lowest BCUT2D eigenvalue weighted by Gasteiger charge is -2.11. The number of aliphatic hydroxyl groups is 2. The number of nitrogens with zero attached hydrogens (tertiary/aromatic N) is 1. The summed E-state index contributed by atoms with van der Waals surface area (Å²) in [6.07, 6.45) is -0.0650. The van der Waals surface area contributed by atoms with Crippen LogP contribution in [0.1, 0.15) is 10.6 Å². The van der Waals surface area contributed by atoms with Gasteiger partial charge in [-0.25, -0.2) is 0 Å². The molecule has 5 nitrogen and oxygen atoms in total. The van der Waals surface area contributed by atoms with E-state index in [0.29, 0.717) is 18.8 Å². The number of Topliss-reactive ketones (excluding diaryl/α,β-unsaturated/α-hetero) is 1. The molecule has 0 amide bonds. The van der Waals surface area contributed by atoms with E-state index >= 15 is 0 Å². The number of likely N-dealkylation sites (tertiary alicyclic amines) is 1. The van der Waals surface area contributed by atoms with Crippen LogP contribution in [0.2, 0.25) is 0 Å². The molecule has 1 aliphatic rings. The zero-order valence-electron chi connectivity index (χ0n) is 8.17. The van der Waals surface area contributed by atoms with E-state index in [2.05, 4.69) is 0 Å². The third-order valence-electron chi connectivity index (χ3n) is 2.50. The highest BCUT2D eigenvalue weighted by molar-refractivity contribution is 5.95. The third-order valence-corrected chi connectivity index (χ3v) is 2.50. The summed E-state index contributed by atoms with van der Waals surface area (Å²) in [7, 11) is 0. The van der Waals surface area contributed by atoms with Gasteiger partial charge in [0.2, 0.25) is 5.78 Å². The number of ketones is 1. The Hall–Kier alpha value is -1.17. The van der Waals surface area contributed by atoms with Crippen molar-refractivity contribution in [3.8, 4) is 0 Å². The fourth-order valence-corrected chi connectivity index (χ4v) is 1.69. The molecule has 2 rings (SSSR count). The van der Waals surface area contributed by atoms with Crippen molar-refractivity contribution in [3.63, 3.8) is 0 Å². The number of hydrogen-bond donors (Lipinski definition) is 2. The minimum atomic E-state index is -0.755. The minimum absolute atomic E-state index is 0.138. The van der Waals surface area contributed by atoms with Gasteiger partial charge in [0, 0.05) is 13.1 Å². The van der Waals surface area contributed by atoms with Crippen LogP contribution in [0.4, 0.5) is 0 Å². The average molecular weight is 211 g/mol. The zero-order chi connectivity index (χ0) is 10.8. The molecule has 0 aliphatic carbocycles. The Morgan fingerprint density at radius 2 is 2.13 bits per heavy atom. The van der Waals surface area contributed by atoms with Crippen molar-refractivity contribution in [2.24, 2.45) is 0 Å². The highest BCUT2D eigenvalue weighted by atomic mass is 16.3. The summed E-state index contributed by atoms with van der Waals surface area (Å²) < 4.78 is 4.96. The average Bonchev–Trinajstić information content (AvgIpc) is 2.77. The van der Waals surface area contributed by atoms with Gasteiger partial charge in [-0.15, -0.1) is 0 Å². The molecule has 1 fully saturated rings. The molecule has 82 valence electrons. The zero-order valence-corrected chi connectivity index (χ0v) is 8.17. The second kappa shape index (κ2) is 4.14. The molecule has 1 aliphatic heterocycles. The van der Waals surface area contributed by atoms with E-state index in [1.54, 1.807) is 17.0 Å². The van der Waals surface area contributed by atoms with Gasteiger partial charge in [0.25, 0.3) is 0 Å². The summed E-state index contributed by atoms with van der Waals surface area (Å²) in [4.78, 5) is 13.3. The lowest BCUT2D eigenvalue weighted by Crippen LogP contribution is -2.28. The van der Waals surface area contributed by atoms with Crippen LogP contribution in [0.5, 0.6) is 0 Å². The molecule has 0 saturated carbocycles. The van der Waals surface area contributed by atoms with Gasteiger partial charge < -0.3 is 14.6 Å². The lowest BCUT2D eigenvalue weighted by molar-refractivity contribution is 0.0572. The van der Waals surface area contributed by atoms with Crippen LogP contribution < -0.4 is 0 Å². The van der Waals surface area contributed by atoms with E-state index in [4.69, 9.17) is 4.42 Å². The molecule has 1 aromatic rings. The van der Waals surface area contributed by atoms with Crippen LogP contribution in [0.15, 0.2) is 22.8 Å². The number of carbonyl (C=O) groups excluding carboxylic acids is 1. The molecular weight excluding hydrogens is 198 g/mol. The van der Waals surface area contributed by atoms with Crippen molar-refractivity contribution >= 4 is 5.78 Å². The quantitative estimate of drug-likeness (QED) is 0.659. The molecule has 2 atom stereocenters. The highest BCUT2D eigenvalue weighted by Gasteiger charge is 2.30. The van der Waals surface area contributed by atoms with Gasteiger partial charge in [0.15, 0.2) is 5.76 Å². The predicted molar refractivity (Wildman–Crippen MR) is 51.5 cm³/mol. The molecule has 1 saturated heterocycles. The molecule has 15 heavy (non-hydrogen) atoms. The van der Waals surface area contributed by atoms with Crippen molar-refractivity contribution in [3.05, 3.63) is 24.2 Å². The molecule has 2 unspecified atom stereocenters. The Morgan fingerprint density at radius 3 is 2.67 bits per heavy atom. The van der Waals surface area contributed by atoms with Gasteiger partial charge in [-0.2, -0.15) is 0 Å². The number of β-amino-alcohol motifs (C(OH)–C–C–N with tert-alkyl or cyclic N) is 2. The van der Waals surface area contributed by atoms with Crippen LogP contribution >= 0.6 is 0 Å². The van der Waals surface area contributed by atoms with Crippen LogP contribution in [0, 0.1) is 0 Å². The maximum Gasteiger partial charge on any atom is 0.211 e. The molecule has 0 radical (unpaired) electrons. The van der Waals surface area contributed by atoms with Crippen LogP contribution in [0.3, 0.4) is 0 Å². The molecule has 1 aromatic heterocycles. The largest absolute Gasteiger partial charge is 0.461 e. The normalized spacial score (nSPS) is 27.1. The van der Waals surface area contributed by atoms with Gasteiger partial charge in [-0.1, -0.05) is 0 Å². The first-order chi connectivity index (χ1) is 7.16. The standard InChI is InChI=1S/C10H13NO4/c12-7-4-11(5-8(7)13)6-9(14)10-2-1-3-15-10/h1-3,7-8,12-13H,4-6H2. The molecule has 0 spiro atoms. The van der Waals surface area contributed by atoms with E-state index in [1.807, 2.05) is 0 Å². The Kier molecular flexibility index (Phi) is 2.86. The van der Waals surface area contributed by atoms with Crippen molar-refractivity contribution in [1.29, 1.82) is 0 Å². The summed E-state index contributed by atoms with van der Waals surface area (Å²) in [5.41, 5.74) is 0. The Bertz CT molecular complexity index is 325. The number of furan rings is 1. The first kappa shape index (κ1) is 10.4. The Labute approximate surface area is 86.9 Å². The summed E-state index contributed by atoms with van der Waals surface area (Å²) in [5.74, 6) is 0.173. The fraction of sp³-hybridized carbons (Fsp3) is 0.500. The van der Waals surface area contributed by atoms with Gasteiger partial charge >= 0.3 is 0 Å².